The van der Waals surface area contributed by atoms with Crippen LogP contribution in [0.5, 0.6) is 0 Å². The summed E-state index contributed by atoms with van der Waals surface area (Å²) in [7, 11) is 0. The second-order valence-corrected chi connectivity index (χ2v) is 5.17. The molecule has 0 spiro atoms. The molecular weight excluding hydrogens is 325 g/mol. The van der Waals surface area contributed by atoms with E-state index in [1.54, 1.807) is 6.20 Å². The van der Waals surface area contributed by atoms with Gasteiger partial charge in [-0.15, -0.1) is 0 Å². The maximum Gasteiger partial charge on any atom is 0.0855 e. The Hall–Kier alpha value is -0.940. The second kappa shape index (κ2) is 5.60. The van der Waals surface area contributed by atoms with Crippen molar-refractivity contribution in [3.8, 4) is 0 Å². The zero-order chi connectivity index (χ0) is 12.3. The van der Waals surface area contributed by atoms with Crippen LogP contribution in [0.15, 0.2) is 42.6 Å². The predicted octanol–water partition coefficient (Wildman–Crippen LogP) is 3.27. The van der Waals surface area contributed by atoms with Crippen molar-refractivity contribution in [1.29, 1.82) is 0 Å². The first-order valence-electron chi connectivity index (χ1n) is 5.51. The van der Waals surface area contributed by atoms with Crippen LogP contribution in [-0.2, 0) is 6.42 Å². The van der Waals surface area contributed by atoms with Crippen LogP contribution in [0.1, 0.15) is 22.9 Å². The maximum absolute atomic E-state index is 10.2. The molecule has 0 bridgehead atoms. The molecule has 0 radical (unpaired) electrons. The highest BCUT2D eigenvalue weighted by Gasteiger charge is 2.13. The van der Waals surface area contributed by atoms with Gasteiger partial charge < -0.3 is 5.11 Å². The summed E-state index contributed by atoms with van der Waals surface area (Å²) in [6.07, 6.45) is 1.84. The molecule has 0 saturated heterocycles. The SMILES string of the molecule is Cc1cccnc1CC(O)c1ccccc1I. The molecule has 1 aromatic carbocycles. The third-order valence-electron chi connectivity index (χ3n) is 2.77. The predicted molar refractivity (Wildman–Crippen MR) is 76.8 cm³/mol. The first kappa shape index (κ1) is 12.5. The van der Waals surface area contributed by atoms with E-state index in [2.05, 4.69) is 27.6 Å². The first-order valence-corrected chi connectivity index (χ1v) is 6.59. The van der Waals surface area contributed by atoms with E-state index in [9.17, 15) is 5.11 Å². The molecule has 3 heteroatoms. The van der Waals surface area contributed by atoms with Crippen LogP contribution >= 0.6 is 22.6 Å². The highest BCUT2D eigenvalue weighted by Crippen LogP contribution is 2.23. The Morgan fingerprint density at radius 3 is 2.71 bits per heavy atom. The average Bonchev–Trinajstić information content (AvgIpc) is 2.32. The van der Waals surface area contributed by atoms with Gasteiger partial charge in [-0.3, -0.25) is 4.98 Å². The molecule has 0 aliphatic heterocycles. The Labute approximate surface area is 115 Å². The Morgan fingerprint density at radius 1 is 1.24 bits per heavy atom. The maximum atomic E-state index is 10.2. The highest BCUT2D eigenvalue weighted by atomic mass is 127. The van der Waals surface area contributed by atoms with Gasteiger partial charge in [-0.05, 0) is 52.8 Å². The summed E-state index contributed by atoms with van der Waals surface area (Å²) in [5.74, 6) is 0. The van der Waals surface area contributed by atoms with E-state index in [0.717, 1.165) is 20.4 Å². The van der Waals surface area contributed by atoms with Crippen molar-refractivity contribution in [2.24, 2.45) is 0 Å². The number of aryl methyl sites for hydroxylation is 1. The van der Waals surface area contributed by atoms with Gasteiger partial charge in [0.15, 0.2) is 0 Å². The molecule has 2 aromatic rings. The van der Waals surface area contributed by atoms with Crippen molar-refractivity contribution >= 4 is 22.6 Å². The van der Waals surface area contributed by atoms with Crippen molar-refractivity contribution in [3.05, 3.63) is 63.0 Å². The third-order valence-corrected chi connectivity index (χ3v) is 3.75. The molecule has 0 amide bonds. The largest absolute Gasteiger partial charge is 0.388 e. The fraction of sp³-hybridized carbons (Fsp3) is 0.214. The molecule has 2 rings (SSSR count). The van der Waals surface area contributed by atoms with Gasteiger partial charge in [0.25, 0.3) is 0 Å². The minimum atomic E-state index is -0.489. The molecule has 0 aliphatic rings. The minimum absolute atomic E-state index is 0.489. The van der Waals surface area contributed by atoms with E-state index in [1.807, 2.05) is 43.3 Å². The summed E-state index contributed by atoms with van der Waals surface area (Å²) in [4.78, 5) is 4.31. The fourth-order valence-electron chi connectivity index (χ4n) is 1.77. The van der Waals surface area contributed by atoms with E-state index in [1.165, 1.54) is 0 Å². The van der Waals surface area contributed by atoms with Gasteiger partial charge >= 0.3 is 0 Å². The van der Waals surface area contributed by atoms with Crippen LogP contribution in [0.25, 0.3) is 0 Å². The topological polar surface area (TPSA) is 33.1 Å². The zero-order valence-electron chi connectivity index (χ0n) is 9.60. The van der Waals surface area contributed by atoms with Crippen LogP contribution in [0.2, 0.25) is 0 Å². The summed E-state index contributed by atoms with van der Waals surface area (Å²) >= 11 is 2.25. The van der Waals surface area contributed by atoms with E-state index in [-0.39, 0.29) is 0 Å². The number of hydrogen-bond donors (Lipinski definition) is 1. The summed E-state index contributed by atoms with van der Waals surface area (Å²) in [5, 5.41) is 10.2. The Morgan fingerprint density at radius 2 is 2.00 bits per heavy atom. The molecule has 17 heavy (non-hydrogen) atoms. The normalized spacial score (nSPS) is 12.4. The summed E-state index contributed by atoms with van der Waals surface area (Å²) in [6, 6.07) is 11.8. The molecule has 1 N–H and O–H groups in total. The lowest BCUT2D eigenvalue weighted by Gasteiger charge is -2.13. The van der Waals surface area contributed by atoms with E-state index >= 15 is 0 Å². The number of aliphatic hydroxyl groups is 1. The van der Waals surface area contributed by atoms with Crippen molar-refractivity contribution in [2.45, 2.75) is 19.4 Å². The Balaban J connectivity index is 2.20. The van der Waals surface area contributed by atoms with Crippen LogP contribution in [0.4, 0.5) is 0 Å². The van der Waals surface area contributed by atoms with Gasteiger partial charge in [0, 0.05) is 21.9 Å². The van der Waals surface area contributed by atoms with Crippen LogP contribution in [-0.4, -0.2) is 10.1 Å². The molecule has 1 heterocycles. The van der Waals surface area contributed by atoms with Gasteiger partial charge in [0.1, 0.15) is 0 Å². The fourth-order valence-corrected chi connectivity index (χ4v) is 2.52. The smallest absolute Gasteiger partial charge is 0.0855 e. The number of nitrogens with zero attached hydrogens (tertiary/aromatic N) is 1. The van der Waals surface area contributed by atoms with Gasteiger partial charge in [0.05, 0.1) is 6.10 Å². The second-order valence-electron chi connectivity index (χ2n) is 4.01. The number of pyridine rings is 1. The van der Waals surface area contributed by atoms with Crippen molar-refractivity contribution in [3.63, 3.8) is 0 Å². The number of halogens is 1. The molecule has 1 atom stereocenters. The molecule has 2 nitrogen and oxygen atoms in total. The zero-order valence-corrected chi connectivity index (χ0v) is 11.8. The van der Waals surface area contributed by atoms with Crippen LogP contribution in [0.3, 0.4) is 0 Å². The Kier molecular flexibility index (Phi) is 4.12. The van der Waals surface area contributed by atoms with Gasteiger partial charge in [-0.25, -0.2) is 0 Å². The summed E-state index contributed by atoms with van der Waals surface area (Å²) < 4.78 is 1.09. The molecule has 1 unspecified atom stereocenters. The van der Waals surface area contributed by atoms with E-state index in [0.29, 0.717) is 6.42 Å². The monoisotopic (exact) mass is 339 g/mol. The lowest BCUT2D eigenvalue weighted by molar-refractivity contribution is 0.176. The summed E-state index contributed by atoms with van der Waals surface area (Å²) in [5.41, 5.74) is 3.05. The first-order chi connectivity index (χ1) is 8.18. The van der Waals surface area contributed by atoms with Crippen molar-refractivity contribution in [2.75, 3.05) is 0 Å². The quantitative estimate of drug-likeness (QED) is 0.871. The highest BCUT2D eigenvalue weighted by molar-refractivity contribution is 14.1. The van der Waals surface area contributed by atoms with Gasteiger partial charge in [0.2, 0.25) is 0 Å². The number of hydrogen-bond acceptors (Lipinski definition) is 2. The summed E-state index contributed by atoms with van der Waals surface area (Å²) in [6.45, 7) is 2.02. The van der Waals surface area contributed by atoms with E-state index < -0.39 is 6.10 Å². The number of aliphatic hydroxyl groups excluding tert-OH is 1. The number of rotatable bonds is 3. The third kappa shape index (κ3) is 3.04. The number of aromatic nitrogens is 1. The van der Waals surface area contributed by atoms with E-state index in [4.69, 9.17) is 0 Å². The van der Waals surface area contributed by atoms with Crippen molar-refractivity contribution < 1.29 is 5.11 Å². The average molecular weight is 339 g/mol. The lowest BCUT2D eigenvalue weighted by atomic mass is 10.0. The van der Waals surface area contributed by atoms with Gasteiger partial charge in [-0.2, -0.15) is 0 Å². The molecule has 1 aromatic heterocycles. The van der Waals surface area contributed by atoms with Crippen LogP contribution in [0, 0.1) is 10.5 Å². The van der Waals surface area contributed by atoms with Gasteiger partial charge in [-0.1, -0.05) is 24.3 Å². The molecular formula is C14H14INO. The molecule has 0 aliphatic carbocycles. The van der Waals surface area contributed by atoms with Crippen LogP contribution < -0.4 is 0 Å². The molecule has 0 saturated carbocycles. The Bertz CT molecular complexity index is 513. The standard InChI is InChI=1S/C14H14INO/c1-10-5-4-8-16-13(10)9-14(17)11-6-2-3-7-12(11)15/h2-8,14,17H,9H2,1H3. The number of benzene rings is 1. The van der Waals surface area contributed by atoms with Crippen molar-refractivity contribution in [1.82, 2.24) is 4.98 Å². The molecule has 0 fully saturated rings. The molecule has 88 valence electrons. The lowest BCUT2D eigenvalue weighted by Crippen LogP contribution is -2.06. The minimum Gasteiger partial charge on any atom is -0.388 e.